The number of unbranched alkanes of at least 4 members (excludes halogenated alkanes) is 39. The molecule has 0 spiro atoms. The van der Waals surface area contributed by atoms with Crippen LogP contribution in [-0.2, 0) is 57.2 Å². The van der Waals surface area contributed by atoms with Crippen molar-refractivity contribution in [3.8, 4) is 0 Å². The van der Waals surface area contributed by atoms with Crippen LogP contribution in [0.25, 0.3) is 0 Å². The molecule has 0 bridgehead atoms. The summed E-state index contributed by atoms with van der Waals surface area (Å²) in [5, 5.41) is 0. The Kier molecular flexibility index (Phi) is 60.8. The minimum atomic E-state index is -1.57. The molecule has 0 aliphatic carbocycles. The lowest BCUT2D eigenvalue weighted by molar-refractivity contribution is -0.154. The van der Waals surface area contributed by atoms with Crippen LogP contribution in [0.4, 0.5) is 0 Å². The number of thioether (sulfide) groups is 3. The maximum Gasteiger partial charge on any atom is 0.342 e. The molecule has 0 radical (unpaired) electrons. The highest BCUT2D eigenvalue weighted by Gasteiger charge is 2.29. The van der Waals surface area contributed by atoms with E-state index < -0.39 is 53.7 Å². The van der Waals surface area contributed by atoms with Crippen molar-refractivity contribution >= 4 is 71.1 Å². The molecule has 1 aromatic rings. The summed E-state index contributed by atoms with van der Waals surface area (Å²) >= 11 is 4.03. The number of aromatic nitrogens is 3. The van der Waals surface area contributed by atoms with Crippen molar-refractivity contribution in [2.75, 3.05) is 54.3 Å². The van der Waals surface area contributed by atoms with Crippen LogP contribution in [-0.4, -0.2) is 104 Å². The maximum absolute atomic E-state index is 14.1. The Morgan fingerprint density at radius 1 is 0.260 bits per heavy atom. The summed E-state index contributed by atoms with van der Waals surface area (Å²) < 4.78 is 34.5. The SMILES string of the molecule is CCCCCCCCCCCCCCCCOC(=O)CCSCCC(=O)OC(C)n1c(=O)n(C(C)OC(=O)CCSCCC(=O)OCCCCCCCCCCCCCCCC)c(=O)n(C(C)OC(=O)CCSCCC(=O)OCCCCCCCCCCCCCCCC)c1=O. The van der Waals surface area contributed by atoms with Crippen molar-refractivity contribution in [3.05, 3.63) is 31.5 Å². The molecular formula is C75H135N3O15S3. The van der Waals surface area contributed by atoms with Crippen LogP contribution in [0.15, 0.2) is 14.4 Å². The summed E-state index contributed by atoms with van der Waals surface area (Å²) in [6, 6.07) is 0. The second-order valence-corrected chi connectivity index (χ2v) is 29.7. The first kappa shape index (κ1) is 90.3. The Morgan fingerprint density at radius 3 is 0.594 bits per heavy atom. The minimum absolute atomic E-state index is 0.134. The van der Waals surface area contributed by atoms with Gasteiger partial charge in [-0.2, -0.15) is 35.3 Å². The summed E-state index contributed by atoms with van der Waals surface area (Å²) in [7, 11) is 0. The van der Waals surface area contributed by atoms with E-state index in [0.29, 0.717) is 50.8 Å². The fraction of sp³-hybridized carbons (Fsp3) is 0.880. The van der Waals surface area contributed by atoms with E-state index in [1.807, 2.05) is 0 Å². The van der Waals surface area contributed by atoms with Crippen LogP contribution in [0.3, 0.4) is 0 Å². The number of carbonyl (C=O) groups is 6. The fourth-order valence-corrected chi connectivity index (χ4v) is 13.8. The molecule has 0 aliphatic heterocycles. The molecule has 0 saturated carbocycles. The van der Waals surface area contributed by atoms with Gasteiger partial charge in [-0.25, -0.2) is 28.1 Å². The molecule has 0 fully saturated rings. The molecule has 18 nitrogen and oxygen atoms in total. The van der Waals surface area contributed by atoms with Crippen molar-refractivity contribution in [1.29, 1.82) is 0 Å². The average molecular weight is 1420 g/mol. The van der Waals surface area contributed by atoms with Crippen LogP contribution in [0.2, 0.25) is 0 Å². The summed E-state index contributed by atoms with van der Waals surface area (Å²) in [6.07, 6.45) is 47.5. The number of rotatable bonds is 69. The molecule has 96 heavy (non-hydrogen) atoms. The fourth-order valence-electron chi connectivity index (χ4n) is 11.3. The Bertz CT molecular complexity index is 2030. The number of hydrogen-bond donors (Lipinski definition) is 0. The number of hydrogen-bond acceptors (Lipinski definition) is 18. The molecule has 1 rings (SSSR count). The summed E-state index contributed by atoms with van der Waals surface area (Å²) in [5.74, 6) is -1.22. The number of nitrogens with zero attached hydrogens (tertiary/aromatic N) is 3. The van der Waals surface area contributed by atoms with Gasteiger partial charge >= 0.3 is 52.9 Å². The van der Waals surface area contributed by atoms with E-state index >= 15 is 0 Å². The van der Waals surface area contributed by atoms with E-state index in [1.54, 1.807) is 0 Å². The smallest absolute Gasteiger partial charge is 0.342 e. The molecule has 3 atom stereocenters. The molecule has 0 aromatic carbocycles. The maximum atomic E-state index is 14.1. The van der Waals surface area contributed by atoms with Gasteiger partial charge in [0.2, 0.25) is 0 Å². The third-order valence-electron chi connectivity index (χ3n) is 17.2. The first-order chi connectivity index (χ1) is 46.7. The molecule has 1 aromatic heterocycles. The zero-order valence-electron chi connectivity index (χ0n) is 61.2. The Hall–Kier alpha value is -3.72. The zero-order chi connectivity index (χ0) is 70.3. The molecule has 3 unspecified atom stereocenters. The highest BCUT2D eigenvalue weighted by Crippen LogP contribution is 2.19. The summed E-state index contributed by atoms with van der Waals surface area (Å²) in [4.78, 5) is 119. The molecule has 21 heteroatoms. The highest BCUT2D eigenvalue weighted by atomic mass is 32.2. The Labute approximate surface area is 593 Å². The number of ether oxygens (including phenoxy) is 6. The van der Waals surface area contributed by atoms with E-state index in [9.17, 15) is 43.2 Å². The first-order valence-corrected chi connectivity index (χ1v) is 41.9. The largest absolute Gasteiger partial charge is 0.466 e. The van der Waals surface area contributed by atoms with Gasteiger partial charge in [0, 0.05) is 34.5 Å². The third kappa shape index (κ3) is 50.6. The number of esters is 6. The Morgan fingerprint density at radius 2 is 0.417 bits per heavy atom. The average Bonchev–Trinajstić information content (AvgIpc) is 0.765. The standard InChI is InChI=1S/C75H135N3O15S3/c1-7-10-13-16-19-22-25-28-31-34-37-40-43-46-55-88-67(79)49-58-94-61-52-70(82)91-64(4)76-73(85)77(65(5)92-71(83)53-62-95-59-50-68(80)89-56-47-44-41-38-35-32-29-26-23-20-17-14-11-8-2)75(87)78(74(76)86)66(6)93-72(84)54-63-96-60-51-69(81)90-57-48-45-42-39-36-33-30-27-24-21-18-15-12-9-3/h64-66H,7-63H2,1-6H3. The first-order valence-electron chi connectivity index (χ1n) is 38.5. The predicted molar refractivity (Wildman–Crippen MR) is 395 cm³/mol. The Balaban J connectivity index is 2.73. The zero-order valence-corrected chi connectivity index (χ0v) is 63.7. The van der Waals surface area contributed by atoms with E-state index in [1.165, 1.54) is 268 Å². The van der Waals surface area contributed by atoms with Crippen LogP contribution in [0, 0.1) is 0 Å². The van der Waals surface area contributed by atoms with Gasteiger partial charge in [-0.1, -0.05) is 271 Å². The van der Waals surface area contributed by atoms with Crippen LogP contribution < -0.4 is 17.1 Å². The molecule has 558 valence electrons. The second-order valence-electron chi connectivity index (χ2n) is 26.0. The van der Waals surface area contributed by atoms with Crippen molar-refractivity contribution in [2.45, 2.75) is 368 Å². The minimum Gasteiger partial charge on any atom is -0.466 e. The van der Waals surface area contributed by atoms with E-state index in [0.717, 1.165) is 57.8 Å². The van der Waals surface area contributed by atoms with Crippen molar-refractivity contribution in [2.24, 2.45) is 0 Å². The molecular weight excluding hydrogens is 1280 g/mol. The quantitative estimate of drug-likeness (QED) is 0.0336. The van der Waals surface area contributed by atoms with Crippen molar-refractivity contribution in [1.82, 2.24) is 13.7 Å². The topological polar surface area (TPSA) is 224 Å². The van der Waals surface area contributed by atoms with Gasteiger partial charge in [0.1, 0.15) is 0 Å². The third-order valence-corrected chi connectivity index (χ3v) is 20.2. The molecule has 0 saturated heterocycles. The molecule has 0 aliphatic rings. The van der Waals surface area contributed by atoms with Gasteiger partial charge < -0.3 is 28.4 Å². The second kappa shape index (κ2) is 64.6. The van der Waals surface area contributed by atoms with E-state index in [-0.39, 0.29) is 73.7 Å². The van der Waals surface area contributed by atoms with Crippen LogP contribution >= 0.6 is 35.3 Å². The van der Waals surface area contributed by atoms with Crippen LogP contribution in [0.1, 0.15) is 368 Å². The predicted octanol–water partition coefficient (Wildman–Crippen LogP) is 19.0. The van der Waals surface area contributed by atoms with E-state index in [2.05, 4.69) is 20.8 Å². The molecule has 0 amide bonds. The lowest BCUT2D eigenvalue weighted by Crippen LogP contribution is -2.57. The highest BCUT2D eigenvalue weighted by molar-refractivity contribution is 7.99. The van der Waals surface area contributed by atoms with E-state index in [4.69, 9.17) is 28.4 Å². The van der Waals surface area contributed by atoms with Gasteiger partial charge in [0.15, 0.2) is 18.7 Å². The summed E-state index contributed by atoms with van der Waals surface area (Å²) in [6.45, 7) is 11.7. The monoisotopic (exact) mass is 1410 g/mol. The van der Waals surface area contributed by atoms with Gasteiger partial charge in [0.25, 0.3) is 0 Å². The number of carbonyl (C=O) groups excluding carboxylic acids is 6. The van der Waals surface area contributed by atoms with Crippen LogP contribution in [0.5, 0.6) is 0 Å². The van der Waals surface area contributed by atoms with Gasteiger partial charge in [-0.05, 0) is 40.0 Å². The lowest BCUT2D eigenvalue weighted by Gasteiger charge is -2.23. The normalized spacial score (nSPS) is 12.3. The lowest BCUT2D eigenvalue weighted by atomic mass is 10.0. The molecule has 1 heterocycles. The van der Waals surface area contributed by atoms with Gasteiger partial charge in [-0.15, -0.1) is 0 Å². The van der Waals surface area contributed by atoms with Gasteiger partial charge in [-0.3, -0.25) is 28.8 Å². The van der Waals surface area contributed by atoms with Crippen molar-refractivity contribution < 1.29 is 57.2 Å². The van der Waals surface area contributed by atoms with Gasteiger partial charge in [0.05, 0.1) is 58.3 Å². The summed E-state index contributed by atoms with van der Waals surface area (Å²) in [5.41, 5.74) is -3.71. The van der Waals surface area contributed by atoms with Crippen molar-refractivity contribution in [3.63, 3.8) is 0 Å². The molecule has 0 N–H and O–H groups in total.